The van der Waals surface area contributed by atoms with Gasteiger partial charge in [0, 0.05) is 38.4 Å². The van der Waals surface area contributed by atoms with Gasteiger partial charge in [-0.05, 0) is 55.2 Å². The van der Waals surface area contributed by atoms with E-state index in [2.05, 4.69) is 5.32 Å². The summed E-state index contributed by atoms with van der Waals surface area (Å²) < 4.78 is 63.1. The van der Waals surface area contributed by atoms with Gasteiger partial charge in [0.05, 0.1) is 24.3 Å². The van der Waals surface area contributed by atoms with E-state index < -0.39 is 59.4 Å². The van der Waals surface area contributed by atoms with Crippen LogP contribution < -0.4 is 21.5 Å². The van der Waals surface area contributed by atoms with E-state index in [0.717, 1.165) is 15.5 Å². The van der Waals surface area contributed by atoms with Gasteiger partial charge in [0.15, 0.2) is 0 Å². The molecule has 0 radical (unpaired) electrons. The number of halogens is 4. The Balaban J connectivity index is 1.58. The number of hydrogen-bond acceptors (Lipinski definition) is 6. The van der Waals surface area contributed by atoms with Crippen LogP contribution in [0.2, 0.25) is 0 Å². The van der Waals surface area contributed by atoms with Gasteiger partial charge in [-0.25, -0.2) is 14.0 Å². The molecule has 3 aromatic rings. The summed E-state index contributed by atoms with van der Waals surface area (Å²) in [4.78, 5) is 51.3. The zero-order chi connectivity index (χ0) is 32.7. The van der Waals surface area contributed by atoms with Gasteiger partial charge in [0.2, 0.25) is 0 Å². The Hall–Kier alpha value is -4.46. The molecule has 2 N–H and O–H groups in total. The lowest BCUT2D eigenvalue weighted by atomic mass is 9.95. The Bertz CT molecular complexity index is 1720. The van der Waals surface area contributed by atoms with Crippen molar-refractivity contribution >= 4 is 17.6 Å². The third kappa shape index (κ3) is 6.25. The Morgan fingerprint density at radius 1 is 1.07 bits per heavy atom. The maximum atomic E-state index is 15.2. The second kappa shape index (κ2) is 12.3. The minimum Gasteiger partial charge on any atom is -0.480 e. The van der Waals surface area contributed by atoms with Crippen LogP contribution in [0.1, 0.15) is 32.7 Å². The number of rotatable bonds is 7. The molecule has 1 aromatic heterocycles. The number of carboxylic acid groups (broad SMARTS) is 1. The molecule has 1 saturated heterocycles. The summed E-state index contributed by atoms with van der Waals surface area (Å²) in [5.74, 6) is -3.52. The van der Waals surface area contributed by atoms with Crippen LogP contribution in [0.15, 0.2) is 39.9 Å². The smallest absolute Gasteiger partial charge is 0.411 e. The first-order chi connectivity index (χ1) is 20.5. The van der Waals surface area contributed by atoms with E-state index in [-0.39, 0.29) is 30.8 Å². The van der Waals surface area contributed by atoms with Crippen LogP contribution in [0.5, 0.6) is 0 Å². The van der Waals surface area contributed by atoms with Crippen molar-refractivity contribution in [3.05, 3.63) is 84.9 Å². The molecule has 0 unspecified atom stereocenters. The summed E-state index contributed by atoms with van der Waals surface area (Å²) in [6.07, 6.45) is -4.81. The summed E-state index contributed by atoms with van der Waals surface area (Å²) in [5, 5.41) is 12.2. The number of carboxylic acids is 1. The Morgan fingerprint density at radius 3 is 2.34 bits per heavy atom. The maximum Gasteiger partial charge on any atom is 0.411 e. The first-order valence-corrected chi connectivity index (χ1v) is 13.6. The number of amides is 1. The van der Waals surface area contributed by atoms with E-state index in [1.165, 1.54) is 24.6 Å². The molecule has 0 aliphatic carbocycles. The Kier molecular flexibility index (Phi) is 9.05. The van der Waals surface area contributed by atoms with Crippen molar-refractivity contribution in [2.24, 2.45) is 14.1 Å². The molecule has 2 aromatic carbocycles. The van der Waals surface area contributed by atoms with Gasteiger partial charge in [-0.15, -0.1) is 0 Å². The van der Waals surface area contributed by atoms with E-state index in [1.54, 1.807) is 39.1 Å². The van der Waals surface area contributed by atoms with Crippen LogP contribution in [0.4, 0.5) is 23.2 Å². The first kappa shape index (κ1) is 32.5. The molecule has 10 nitrogen and oxygen atoms in total. The number of carbonyl (C=O) groups excluding carboxylic acids is 1. The van der Waals surface area contributed by atoms with Gasteiger partial charge < -0.3 is 24.6 Å². The molecule has 1 aliphatic rings. The Labute approximate surface area is 249 Å². The molecule has 1 amide bonds. The number of anilines is 1. The van der Waals surface area contributed by atoms with E-state index >= 15 is 4.39 Å². The fourth-order valence-corrected chi connectivity index (χ4v) is 5.42. The molecule has 1 fully saturated rings. The van der Waals surface area contributed by atoms with Crippen molar-refractivity contribution in [2.45, 2.75) is 45.5 Å². The lowest BCUT2D eigenvalue weighted by Gasteiger charge is -2.38. The third-order valence-electron chi connectivity index (χ3n) is 7.90. The van der Waals surface area contributed by atoms with Gasteiger partial charge >= 0.3 is 17.8 Å². The average Bonchev–Trinajstić information content (AvgIpc) is 2.95. The van der Waals surface area contributed by atoms with Crippen molar-refractivity contribution in [3.63, 3.8) is 0 Å². The SMILES string of the molecule is Cc1cc(C[C@H](NC(=O)c2c(C)cc(N3CCOC[C@@H]3C(F)(F)F)cc2F)C(=O)O)ccc1-c1c(C)n(C)c(=O)n(C)c1=O. The second-order valence-electron chi connectivity index (χ2n) is 10.8. The Morgan fingerprint density at radius 2 is 1.75 bits per heavy atom. The number of aliphatic carboxylic acids is 1. The molecular formula is C30H32F4N4O6. The van der Waals surface area contributed by atoms with Crippen molar-refractivity contribution in [1.29, 1.82) is 0 Å². The van der Waals surface area contributed by atoms with Crippen LogP contribution >= 0.6 is 0 Å². The quantitative estimate of drug-likeness (QED) is 0.390. The number of hydrogen-bond donors (Lipinski definition) is 2. The average molecular weight is 621 g/mol. The number of nitrogens with zero attached hydrogens (tertiary/aromatic N) is 3. The number of alkyl halides is 3. The molecule has 0 bridgehead atoms. The number of ether oxygens (including phenoxy) is 1. The van der Waals surface area contributed by atoms with Crippen LogP contribution in [0.25, 0.3) is 11.1 Å². The van der Waals surface area contributed by atoms with Crippen LogP contribution in [0, 0.1) is 26.6 Å². The van der Waals surface area contributed by atoms with Crippen molar-refractivity contribution in [3.8, 4) is 11.1 Å². The third-order valence-corrected chi connectivity index (χ3v) is 7.90. The standard InChI is InChI=1S/C30H32F4N4O6/c1-15-10-18(6-7-20(15)25-17(3)36(4)29(43)37(5)27(25)40)12-22(28(41)42)35-26(39)24-16(2)11-19(13-21(24)31)38-8-9-44-14-23(38)30(32,33)34/h6-7,10-11,13,22-23H,8-9,12,14H2,1-5H3,(H,35,39)(H,41,42)/t22-,23+/m0/s1. The maximum absolute atomic E-state index is 15.2. The van der Waals surface area contributed by atoms with Gasteiger partial charge in [-0.3, -0.25) is 14.2 Å². The molecule has 44 heavy (non-hydrogen) atoms. The van der Waals surface area contributed by atoms with Crippen LogP contribution in [-0.4, -0.2) is 64.1 Å². The van der Waals surface area contributed by atoms with Gasteiger partial charge in [0.25, 0.3) is 11.5 Å². The summed E-state index contributed by atoms with van der Waals surface area (Å²) in [6.45, 7) is 3.98. The number of nitrogens with one attached hydrogen (secondary N) is 1. The number of aryl methyl sites for hydroxylation is 2. The highest BCUT2D eigenvalue weighted by molar-refractivity contribution is 5.98. The van der Waals surface area contributed by atoms with Crippen LogP contribution in [0.3, 0.4) is 0 Å². The van der Waals surface area contributed by atoms with E-state index in [1.807, 2.05) is 0 Å². The zero-order valence-electron chi connectivity index (χ0n) is 24.7. The van der Waals surface area contributed by atoms with Crippen molar-refractivity contribution in [1.82, 2.24) is 14.5 Å². The lowest BCUT2D eigenvalue weighted by molar-refractivity contribution is -0.167. The van der Waals surface area contributed by atoms with Gasteiger partial charge in [-0.1, -0.05) is 18.2 Å². The topological polar surface area (TPSA) is 123 Å². The molecule has 236 valence electrons. The summed E-state index contributed by atoms with van der Waals surface area (Å²) in [6, 6.07) is 3.49. The monoisotopic (exact) mass is 620 g/mol. The zero-order valence-corrected chi connectivity index (χ0v) is 24.7. The van der Waals surface area contributed by atoms with Crippen molar-refractivity contribution < 1.29 is 37.0 Å². The predicted octanol–water partition coefficient (Wildman–Crippen LogP) is 3.01. The molecule has 4 rings (SSSR count). The first-order valence-electron chi connectivity index (χ1n) is 13.6. The number of carbonyl (C=O) groups is 2. The lowest BCUT2D eigenvalue weighted by Crippen LogP contribution is -2.53. The molecular weight excluding hydrogens is 588 g/mol. The summed E-state index contributed by atoms with van der Waals surface area (Å²) >= 11 is 0. The molecule has 2 heterocycles. The van der Waals surface area contributed by atoms with E-state index in [4.69, 9.17) is 4.74 Å². The second-order valence-corrected chi connectivity index (χ2v) is 10.8. The summed E-state index contributed by atoms with van der Waals surface area (Å²) in [7, 11) is 2.92. The molecule has 14 heteroatoms. The number of morpholine rings is 1. The van der Waals surface area contributed by atoms with Crippen molar-refractivity contribution in [2.75, 3.05) is 24.7 Å². The minimum absolute atomic E-state index is 0.0114. The minimum atomic E-state index is -4.63. The molecule has 0 saturated carbocycles. The highest BCUT2D eigenvalue weighted by atomic mass is 19.4. The highest BCUT2D eigenvalue weighted by Crippen LogP contribution is 2.33. The largest absolute Gasteiger partial charge is 0.480 e. The van der Waals surface area contributed by atoms with Gasteiger partial charge in [-0.2, -0.15) is 13.2 Å². The normalized spacial score (nSPS) is 16.1. The van der Waals surface area contributed by atoms with Gasteiger partial charge in [0.1, 0.15) is 17.9 Å². The summed E-state index contributed by atoms with van der Waals surface area (Å²) in [5.41, 5.74) is 0.950. The highest BCUT2D eigenvalue weighted by Gasteiger charge is 2.45. The van der Waals surface area contributed by atoms with E-state index in [9.17, 15) is 37.5 Å². The predicted molar refractivity (Wildman–Crippen MR) is 154 cm³/mol. The fraction of sp³-hybridized carbons (Fsp3) is 0.400. The molecule has 0 spiro atoms. The number of benzene rings is 2. The fourth-order valence-electron chi connectivity index (χ4n) is 5.42. The van der Waals surface area contributed by atoms with E-state index in [0.29, 0.717) is 27.9 Å². The molecule has 2 atom stereocenters. The molecule has 1 aliphatic heterocycles. The van der Waals surface area contributed by atoms with Crippen LogP contribution in [-0.2, 0) is 30.0 Å². The number of aromatic nitrogens is 2.